The van der Waals surface area contributed by atoms with Crippen LogP contribution >= 0.6 is 22.9 Å². The third-order valence-corrected chi connectivity index (χ3v) is 3.43. The minimum absolute atomic E-state index is 0.0549. The van der Waals surface area contributed by atoms with Gasteiger partial charge in [-0.15, -0.1) is 16.4 Å². The van der Waals surface area contributed by atoms with Crippen LogP contribution in [0.2, 0.25) is 5.02 Å². The highest BCUT2D eigenvalue weighted by atomic mass is 35.5. The van der Waals surface area contributed by atoms with E-state index >= 15 is 0 Å². The SMILES string of the molecule is NC(N)=N/N=C/c1ccc(-c2ccc(Cl)cc2)s1. The Hall–Kier alpha value is -1.85. The van der Waals surface area contributed by atoms with Crippen LogP contribution in [0.5, 0.6) is 0 Å². The monoisotopic (exact) mass is 278 g/mol. The molecular formula is C12H11ClN4S. The van der Waals surface area contributed by atoms with Gasteiger partial charge in [0.25, 0.3) is 0 Å². The third kappa shape index (κ3) is 3.32. The summed E-state index contributed by atoms with van der Waals surface area (Å²) in [5.74, 6) is -0.0549. The topological polar surface area (TPSA) is 76.8 Å². The van der Waals surface area contributed by atoms with E-state index in [0.717, 1.165) is 20.3 Å². The average Bonchev–Trinajstić information content (AvgIpc) is 2.78. The van der Waals surface area contributed by atoms with Gasteiger partial charge in [0.05, 0.1) is 6.21 Å². The van der Waals surface area contributed by atoms with E-state index in [9.17, 15) is 0 Å². The largest absolute Gasteiger partial charge is 0.369 e. The van der Waals surface area contributed by atoms with Crippen LogP contribution in [0.4, 0.5) is 0 Å². The fourth-order valence-corrected chi connectivity index (χ4v) is 2.35. The van der Waals surface area contributed by atoms with Crippen molar-refractivity contribution >= 4 is 35.1 Å². The van der Waals surface area contributed by atoms with Crippen LogP contribution in [0, 0.1) is 0 Å². The van der Waals surface area contributed by atoms with Gasteiger partial charge in [-0.05, 0) is 29.8 Å². The Morgan fingerprint density at radius 2 is 1.83 bits per heavy atom. The lowest BCUT2D eigenvalue weighted by atomic mass is 10.2. The molecule has 92 valence electrons. The van der Waals surface area contributed by atoms with Crippen LogP contribution in [-0.2, 0) is 0 Å². The van der Waals surface area contributed by atoms with E-state index in [1.54, 1.807) is 17.6 Å². The normalized spacial score (nSPS) is 10.7. The molecule has 0 radical (unpaired) electrons. The molecular weight excluding hydrogens is 268 g/mol. The molecule has 2 aromatic rings. The van der Waals surface area contributed by atoms with Crippen LogP contribution in [0.25, 0.3) is 10.4 Å². The second kappa shape index (κ2) is 5.66. The fraction of sp³-hybridized carbons (Fsp3) is 0. The Labute approximate surface area is 114 Å². The van der Waals surface area contributed by atoms with Gasteiger partial charge in [-0.25, -0.2) is 0 Å². The zero-order valence-electron chi connectivity index (χ0n) is 9.38. The van der Waals surface area contributed by atoms with Crippen molar-refractivity contribution in [2.45, 2.75) is 0 Å². The first-order valence-electron chi connectivity index (χ1n) is 5.13. The maximum atomic E-state index is 5.85. The molecule has 4 nitrogen and oxygen atoms in total. The average molecular weight is 279 g/mol. The summed E-state index contributed by atoms with van der Waals surface area (Å²) in [7, 11) is 0. The predicted molar refractivity (Wildman–Crippen MR) is 78.2 cm³/mol. The Kier molecular flexibility index (Phi) is 3.96. The molecule has 6 heteroatoms. The highest BCUT2D eigenvalue weighted by Crippen LogP contribution is 2.28. The summed E-state index contributed by atoms with van der Waals surface area (Å²) in [6.07, 6.45) is 1.61. The molecule has 0 aliphatic heterocycles. The number of thiophene rings is 1. The second-order valence-electron chi connectivity index (χ2n) is 3.48. The third-order valence-electron chi connectivity index (χ3n) is 2.11. The van der Waals surface area contributed by atoms with Gasteiger partial charge in [0.15, 0.2) is 0 Å². The molecule has 0 spiro atoms. The van der Waals surface area contributed by atoms with E-state index in [1.807, 2.05) is 36.4 Å². The van der Waals surface area contributed by atoms with Crippen molar-refractivity contribution in [2.75, 3.05) is 0 Å². The Morgan fingerprint density at radius 3 is 2.50 bits per heavy atom. The molecule has 18 heavy (non-hydrogen) atoms. The zero-order valence-corrected chi connectivity index (χ0v) is 10.9. The molecule has 0 bridgehead atoms. The van der Waals surface area contributed by atoms with Crippen LogP contribution < -0.4 is 11.5 Å². The van der Waals surface area contributed by atoms with Gasteiger partial charge in [0, 0.05) is 14.8 Å². The minimum atomic E-state index is -0.0549. The van der Waals surface area contributed by atoms with Crippen molar-refractivity contribution < 1.29 is 0 Å². The van der Waals surface area contributed by atoms with Crippen LogP contribution in [0.1, 0.15) is 4.88 Å². The molecule has 0 amide bonds. The molecule has 0 aliphatic carbocycles. The number of halogens is 1. The van der Waals surface area contributed by atoms with Gasteiger partial charge >= 0.3 is 0 Å². The molecule has 2 rings (SSSR count). The van der Waals surface area contributed by atoms with E-state index < -0.39 is 0 Å². The lowest BCUT2D eigenvalue weighted by molar-refractivity contribution is 1.22. The lowest BCUT2D eigenvalue weighted by Gasteiger charge is -1.96. The highest BCUT2D eigenvalue weighted by molar-refractivity contribution is 7.17. The summed E-state index contributed by atoms with van der Waals surface area (Å²) in [6.45, 7) is 0. The number of nitrogens with zero attached hydrogens (tertiary/aromatic N) is 2. The highest BCUT2D eigenvalue weighted by Gasteiger charge is 2.01. The summed E-state index contributed by atoms with van der Waals surface area (Å²) in [4.78, 5) is 2.11. The maximum absolute atomic E-state index is 5.85. The molecule has 1 heterocycles. The van der Waals surface area contributed by atoms with Crippen LogP contribution in [0.3, 0.4) is 0 Å². The minimum Gasteiger partial charge on any atom is -0.369 e. The van der Waals surface area contributed by atoms with E-state index in [4.69, 9.17) is 23.1 Å². The second-order valence-corrected chi connectivity index (χ2v) is 5.03. The van der Waals surface area contributed by atoms with E-state index in [0.29, 0.717) is 0 Å². The van der Waals surface area contributed by atoms with E-state index in [-0.39, 0.29) is 5.96 Å². The fourth-order valence-electron chi connectivity index (χ4n) is 1.34. The number of nitrogens with two attached hydrogens (primary N) is 2. The molecule has 4 N–H and O–H groups in total. The Balaban J connectivity index is 2.18. The Bertz CT molecular complexity index is 582. The van der Waals surface area contributed by atoms with Crippen molar-refractivity contribution in [3.8, 4) is 10.4 Å². The van der Waals surface area contributed by atoms with Crippen molar-refractivity contribution in [1.82, 2.24) is 0 Å². The van der Waals surface area contributed by atoms with Gasteiger partial charge in [-0.1, -0.05) is 23.7 Å². The molecule has 0 fully saturated rings. The quantitative estimate of drug-likeness (QED) is 0.514. The standard InChI is InChI=1S/C12H11ClN4S/c13-9-3-1-8(2-4-9)11-6-5-10(18-11)7-16-17-12(14)15/h1-7H,(H4,14,15,17)/b16-7+. The van der Waals surface area contributed by atoms with E-state index in [2.05, 4.69) is 10.2 Å². The molecule has 1 aromatic carbocycles. The molecule has 0 unspecified atom stereocenters. The summed E-state index contributed by atoms with van der Waals surface area (Å²) >= 11 is 7.45. The predicted octanol–water partition coefficient (Wildman–Crippen LogP) is 2.68. The number of benzene rings is 1. The van der Waals surface area contributed by atoms with E-state index in [1.165, 1.54) is 0 Å². The first-order chi connectivity index (χ1) is 8.65. The first kappa shape index (κ1) is 12.6. The summed E-state index contributed by atoms with van der Waals surface area (Å²) in [5.41, 5.74) is 11.5. The molecule has 0 saturated heterocycles. The number of guanidine groups is 1. The van der Waals surface area contributed by atoms with Gasteiger partial charge in [-0.2, -0.15) is 5.10 Å². The molecule has 0 atom stereocenters. The Morgan fingerprint density at radius 1 is 1.11 bits per heavy atom. The first-order valence-corrected chi connectivity index (χ1v) is 6.32. The summed E-state index contributed by atoms with van der Waals surface area (Å²) < 4.78 is 0. The van der Waals surface area contributed by atoms with Crippen molar-refractivity contribution in [3.63, 3.8) is 0 Å². The van der Waals surface area contributed by atoms with Crippen molar-refractivity contribution in [3.05, 3.63) is 46.3 Å². The lowest BCUT2D eigenvalue weighted by Crippen LogP contribution is -2.21. The summed E-state index contributed by atoms with van der Waals surface area (Å²) in [5, 5.41) is 8.04. The van der Waals surface area contributed by atoms with Crippen LogP contribution in [-0.4, -0.2) is 12.2 Å². The molecule has 0 saturated carbocycles. The number of rotatable bonds is 3. The smallest absolute Gasteiger partial charge is 0.211 e. The number of hydrogen-bond acceptors (Lipinski definition) is 3. The van der Waals surface area contributed by atoms with Gasteiger partial charge < -0.3 is 11.5 Å². The maximum Gasteiger partial charge on any atom is 0.211 e. The molecule has 0 aliphatic rings. The van der Waals surface area contributed by atoms with Gasteiger partial charge in [0.2, 0.25) is 5.96 Å². The van der Waals surface area contributed by atoms with Crippen molar-refractivity contribution in [2.24, 2.45) is 21.7 Å². The van der Waals surface area contributed by atoms with Crippen molar-refractivity contribution in [1.29, 1.82) is 0 Å². The molecule has 1 aromatic heterocycles. The van der Waals surface area contributed by atoms with Crippen LogP contribution in [0.15, 0.2) is 46.6 Å². The number of hydrogen-bond donors (Lipinski definition) is 2. The zero-order chi connectivity index (χ0) is 13.0. The van der Waals surface area contributed by atoms with Gasteiger partial charge in [-0.3, -0.25) is 0 Å². The van der Waals surface area contributed by atoms with Gasteiger partial charge in [0.1, 0.15) is 0 Å². The summed E-state index contributed by atoms with van der Waals surface area (Å²) in [6, 6.07) is 11.7.